The van der Waals surface area contributed by atoms with Gasteiger partial charge in [-0.1, -0.05) is 34.1 Å². The number of amides is 1. The van der Waals surface area contributed by atoms with E-state index in [0.717, 1.165) is 26.2 Å². The summed E-state index contributed by atoms with van der Waals surface area (Å²) < 4.78 is 20.7. The molecule has 1 aliphatic heterocycles. The van der Waals surface area contributed by atoms with E-state index in [1.165, 1.54) is 17.4 Å². The summed E-state index contributed by atoms with van der Waals surface area (Å²) in [6, 6.07) is 12.4. The van der Waals surface area contributed by atoms with E-state index in [1.54, 1.807) is 25.3 Å². The smallest absolute Gasteiger partial charge is 0.225 e. The topological polar surface area (TPSA) is 38.3 Å². The Morgan fingerprint density at radius 3 is 2.81 bits per heavy atom. The van der Waals surface area contributed by atoms with E-state index < -0.39 is 0 Å². The van der Waals surface area contributed by atoms with Gasteiger partial charge in [-0.25, -0.2) is 4.39 Å². The van der Waals surface area contributed by atoms with Gasteiger partial charge in [0, 0.05) is 43.8 Å². The number of anilines is 1. The number of ether oxygens (including phenoxy) is 1. The molecule has 6 heteroatoms. The molecule has 0 saturated carbocycles. The van der Waals surface area contributed by atoms with Crippen LogP contribution >= 0.6 is 27.3 Å². The van der Waals surface area contributed by atoms with Crippen LogP contribution in [-0.2, 0) is 4.79 Å². The standard InChI is InChI=1S/C20H15BrFNO2S/c1-25-17-7-6-11(21)8-13(17)14-9-18(24)23-19-15(10-26-20(14)19)12-4-2-3-5-16(12)22/h2-8,10,14H,9H2,1H3,(H,23,24)/t14-/m1/s1. The van der Waals surface area contributed by atoms with Crippen LogP contribution in [0.25, 0.3) is 11.1 Å². The minimum atomic E-state index is -0.301. The zero-order valence-corrected chi connectivity index (χ0v) is 16.3. The first-order valence-corrected chi connectivity index (χ1v) is 9.75. The molecule has 4 rings (SSSR count). The largest absolute Gasteiger partial charge is 0.496 e. The molecule has 0 fully saturated rings. The van der Waals surface area contributed by atoms with Crippen molar-refractivity contribution in [2.45, 2.75) is 12.3 Å². The van der Waals surface area contributed by atoms with Crippen molar-refractivity contribution in [1.82, 2.24) is 0 Å². The van der Waals surface area contributed by atoms with Gasteiger partial charge in [0.05, 0.1) is 12.8 Å². The van der Waals surface area contributed by atoms with Crippen LogP contribution in [0.1, 0.15) is 22.8 Å². The predicted molar refractivity (Wildman–Crippen MR) is 105 cm³/mol. The molecule has 0 bridgehead atoms. The second-order valence-corrected chi connectivity index (χ2v) is 7.89. The van der Waals surface area contributed by atoms with Gasteiger partial charge in [-0.3, -0.25) is 4.79 Å². The SMILES string of the molecule is COc1ccc(Br)cc1[C@H]1CC(=O)Nc2c(-c3ccccc3F)csc21. The number of benzene rings is 2. The highest BCUT2D eigenvalue weighted by Crippen LogP contribution is 2.48. The van der Waals surface area contributed by atoms with E-state index in [4.69, 9.17) is 4.74 Å². The Hall–Kier alpha value is -2.18. The molecule has 1 aromatic heterocycles. The maximum atomic E-state index is 14.3. The second-order valence-electron chi connectivity index (χ2n) is 6.06. The van der Waals surface area contributed by atoms with Crippen molar-refractivity contribution in [3.63, 3.8) is 0 Å². The maximum Gasteiger partial charge on any atom is 0.225 e. The summed E-state index contributed by atoms with van der Waals surface area (Å²) in [4.78, 5) is 13.4. The third-order valence-electron chi connectivity index (χ3n) is 4.52. The highest BCUT2D eigenvalue weighted by Gasteiger charge is 2.32. The predicted octanol–water partition coefficient (Wildman–Crippen LogP) is 5.80. The Labute approximate surface area is 162 Å². The lowest BCUT2D eigenvalue weighted by atomic mass is 9.88. The van der Waals surface area contributed by atoms with Crippen LogP contribution in [0.15, 0.2) is 52.3 Å². The van der Waals surface area contributed by atoms with E-state index in [2.05, 4.69) is 21.2 Å². The number of methoxy groups -OCH3 is 1. The van der Waals surface area contributed by atoms with Crippen LogP contribution in [0.2, 0.25) is 0 Å². The van der Waals surface area contributed by atoms with E-state index >= 15 is 0 Å². The van der Waals surface area contributed by atoms with Gasteiger partial charge >= 0.3 is 0 Å². The molecule has 3 nitrogen and oxygen atoms in total. The minimum absolute atomic E-state index is 0.0829. The van der Waals surface area contributed by atoms with Crippen molar-refractivity contribution in [3.05, 3.63) is 68.6 Å². The number of thiophene rings is 1. The second kappa shape index (κ2) is 6.85. The molecule has 0 unspecified atom stereocenters. The van der Waals surface area contributed by atoms with E-state index in [-0.39, 0.29) is 17.6 Å². The highest BCUT2D eigenvalue weighted by molar-refractivity contribution is 9.10. The Kier molecular flexibility index (Phi) is 4.54. The molecule has 2 heterocycles. The molecule has 0 radical (unpaired) electrons. The first-order chi connectivity index (χ1) is 12.6. The molecular weight excluding hydrogens is 417 g/mol. The summed E-state index contributed by atoms with van der Waals surface area (Å²) in [5.74, 6) is 0.224. The van der Waals surface area contributed by atoms with E-state index in [0.29, 0.717) is 17.7 Å². The highest BCUT2D eigenvalue weighted by atomic mass is 79.9. The van der Waals surface area contributed by atoms with Gasteiger partial charge in [0.1, 0.15) is 11.6 Å². The molecule has 1 atom stereocenters. The molecule has 1 amide bonds. The Balaban J connectivity index is 1.87. The summed E-state index contributed by atoms with van der Waals surface area (Å²) in [6.45, 7) is 0. The fraction of sp³-hybridized carbons (Fsp3) is 0.150. The molecular formula is C20H15BrFNO2S. The Morgan fingerprint density at radius 2 is 2.04 bits per heavy atom. The Bertz CT molecular complexity index is 1000. The van der Waals surface area contributed by atoms with Crippen molar-refractivity contribution in [3.8, 4) is 16.9 Å². The van der Waals surface area contributed by atoms with Crippen molar-refractivity contribution in [2.75, 3.05) is 12.4 Å². The number of hydrogen-bond donors (Lipinski definition) is 1. The molecule has 3 aromatic rings. The summed E-state index contributed by atoms with van der Waals surface area (Å²) >= 11 is 5.03. The first kappa shape index (κ1) is 17.2. The average molecular weight is 432 g/mol. The normalized spacial score (nSPS) is 16.1. The summed E-state index contributed by atoms with van der Waals surface area (Å²) in [5.41, 5.74) is 2.85. The maximum absolute atomic E-state index is 14.3. The van der Waals surface area contributed by atoms with Crippen LogP contribution in [0.5, 0.6) is 5.75 Å². The van der Waals surface area contributed by atoms with Crippen molar-refractivity contribution in [1.29, 1.82) is 0 Å². The quantitative estimate of drug-likeness (QED) is 0.568. The fourth-order valence-corrected chi connectivity index (χ4v) is 4.86. The van der Waals surface area contributed by atoms with Gasteiger partial charge in [-0.15, -0.1) is 11.3 Å². The zero-order valence-electron chi connectivity index (χ0n) is 13.9. The number of nitrogens with one attached hydrogen (secondary N) is 1. The van der Waals surface area contributed by atoms with Gasteiger partial charge in [0.15, 0.2) is 0 Å². The van der Waals surface area contributed by atoms with Crippen LogP contribution < -0.4 is 10.1 Å². The van der Waals surface area contributed by atoms with Gasteiger partial charge in [-0.2, -0.15) is 0 Å². The number of carbonyl (C=O) groups is 1. The molecule has 1 aliphatic rings. The van der Waals surface area contributed by atoms with Crippen molar-refractivity contribution < 1.29 is 13.9 Å². The number of fused-ring (bicyclic) bond motifs is 1. The molecule has 132 valence electrons. The number of halogens is 2. The van der Waals surface area contributed by atoms with Crippen LogP contribution in [-0.4, -0.2) is 13.0 Å². The number of hydrogen-bond acceptors (Lipinski definition) is 3. The van der Waals surface area contributed by atoms with Gasteiger partial charge in [-0.05, 0) is 24.3 Å². The Morgan fingerprint density at radius 1 is 1.23 bits per heavy atom. The summed E-state index contributed by atoms with van der Waals surface area (Å²) in [5, 5.41) is 4.85. The molecule has 0 aliphatic carbocycles. The molecule has 1 N–H and O–H groups in total. The molecule has 0 spiro atoms. The lowest BCUT2D eigenvalue weighted by Gasteiger charge is -2.25. The number of carbonyl (C=O) groups excluding carboxylic acids is 1. The molecule has 0 saturated heterocycles. The first-order valence-electron chi connectivity index (χ1n) is 8.08. The molecule has 26 heavy (non-hydrogen) atoms. The minimum Gasteiger partial charge on any atom is -0.496 e. The summed E-state index contributed by atoms with van der Waals surface area (Å²) in [6.07, 6.45) is 0.330. The van der Waals surface area contributed by atoms with Gasteiger partial charge in [0.25, 0.3) is 0 Å². The van der Waals surface area contributed by atoms with Crippen molar-refractivity contribution >= 4 is 38.9 Å². The third-order valence-corrected chi connectivity index (χ3v) is 6.11. The van der Waals surface area contributed by atoms with Gasteiger partial charge in [0.2, 0.25) is 5.91 Å². The van der Waals surface area contributed by atoms with Crippen LogP contribution in [0.3, 0.4) is 0 Å². The molecule has 2 aromatic carbocycles. The summed E-state index contributed by atoms with van der Waals surface area (Å²) in [7, 11) is 1.62. The van der Waals surface area contributed by atoms with E-state index in [9.17, 15) is 9.18 Å². The average Bonchev–Trinajstić information content (AvgIpc) is 3.05. The number of rotatable bonds is 3. The fourth-order valence-electron chi connectivity index (χ4n) is 3.33. The van der Waals surface area contributed by atoms with E-state index in [1.807, 2.05) is 23.6 Å². The zero-order chi connectivity index (χ0) is 18.3. The lowest BCUT2D eigenvalue weighted by molar-refractivity contribution is -0.116. The lowest BCUT2D eigenvalue weighted by Crippen LogP contribution is -2.22. The van der Waals surface area contributed by atoms with Crippen LogP contribution in [0.4, 0.5) is 10.1 Å². The monoisotopic (exact) mass is 431 g/mol. The third kappa shape index (κ3) is 2.93. The van der Waals surface area contributed by atoms with Crippen molar-refractivity contribution in [2.24, 2.45) is 0 Å². The van der Waals surface area contributed by atoms with Crippen LogP contribution in [0, 0.1) is 5.82 Å². The van der Waals surface area contributed by atoms with Gasteiger partial charge < -0.3 is 10.1 Å².